The summed E-state index contributed by atoms with van der Waals surface area (Å²) in [7, 11) is 0. The normalized spacial score (nSPS) is 29.5. The lowest BCUT2D eigenvalue weighted by Gasteiger charge is -2.39. The SMILES string of the molecule is N#Cc1cc(C(=O)C2CC3COCC(C2)N3)ccn1. The number of carbonyl (C=O) groups is 1. The standard InChI is InChI=1S/C14H15N3O2/c15-6-11-3-9(1-2-16-11)14(18)10-4-12-7-19-8-13(5-10)17-12/h1-3,10,12-13,17H,4-5,7-8H2. The number of morpholine rings is 1. The first-order valence-corrected chi connectivity index (χ1v) is 6.50. The van der Waals surface area contributed by atoms with Crippen molar-refractivity contribution in [3.8, 4) is 6.07 Å². The Hall–Kier alpha value is -1.77. The van der Waals surface area contributed by atoms with Crippen LogP contribution >= 0.6 is 0 Å². The number of hydrogen-bond donors (Lipinski definition) is 1. The summed E-state index contributed by atoms with van der Waals surface area (Å²) in [5.41, 5.74) is 0.890. The molecule has 2 saturated heterocycles. The molecule has 2 aliphatic heterocycles. The van der Waals surface area contributed by atoms with Crippen molar-refractivity contribution in [2.75, 3.05) is 13.2 Å². The average Bonchev–Trinajstić information content (AvgIpc) is 2.46. The highest BCUT2D eigenvalue weighted by Crippen LogP contribution is 2.27. The van der Waals surface area contributed by atoms with Crippen LogP contribution in [0.2, 0.25) is 0 Å². The van der Waals surface area contributed by atoms with Gasteiger partial charge in [-0.1, -0.05) is 0 Å². The van der Waals surface area contributed by atoms with Gasteiger partial charge in [0, 0.05) is 29.8 Å². The number of Topliss-reactive ketones (excluding diaryl/α,β-unsaturated/α-hetero) is 1. The van der Waals surface area contributed by atoms with Gasteiger partial charge < -0.3 is 10.1 Å². The maximum Gasteiger partial charge on any atom is 0.166 e. The van der Waals surface area contributed by atoms with Crippen molar-refractivity contribution in [3.05, 3.63) is 29.6 Å². The maximum atomic E-state index is 12.5. The molecular weight excluding hydrogens is 242 g/mol. The van der Waals surface area contributed by atoms with Gasteiger partial charge in [-0.25, -0.2) is 4.98 Å². The molecule has 0 aromatic carbocycles. The number of aromatic nitrogens is 1. The molecule has 2 aliphatic rings. The summed E-state index contributed by atoms with van der Waals surface area (Å²) >= 11 is 0. The zero-order valence-electron chi connectivity index (χ0n) is 10.5. The van der Waals surface area contributed by atoms with Crippen molar-refractivity contribution in [1.29, 1.82) is 5.26 Å². The third kappa shape index (κ3) is 2.50. The first kappa shape index (κ1) is 12.3. The molecule has 19 heavy (non-hydrogen) atoms. The molecule has 0 radical (unpaired) electrons. The Morgan fingerprint density at radius 3 is 2.84 bits per heavy atom. The number of hydrogen-bond acceptors (Lipinski definition) is 5. The van der Waals surface area contributed by atoms with Gasteiger partial charge in [0.2, 0.25) is 0 Å². The van der Waals surface area contributed by atoms with E-state index in [2.05, 4.69) is 10.3 Å². The number of fused-ring (bicyclic) bond motifs is 2. The largest absolute Gasteiger partial charge is 0.378 e. The number of nitriles is 1. The highest BCUT2D eigenvalue weighted by molar-refractivity contribution is 5.98. The van der Waals surface area contributed by atoms with Gasteiger partial charge in [0.25, 0.3) is 0 Å². The van der Waals surface area contributed by atoms with Crippen LogP contribution in [0, 0.1) is 17.2 Å². The molecule has 1 aromatic heterocycles. The zero-order chi connectivity index (χ0) is 13.2. The fraction of sp³-hybridized carbons (Fsp3) is 0.500. The molecular formula is C14H15N3O2. The number of ketones is 1. The molecule has 1 aromatic rings. The molecule has 98 valence electrons. The van der Waals surface area contributed by atoms with E-state index in [4.69, 9.17) is 10.00 Å². The summed E-state index contributed by atoms with van der Waals surface area (Å²) < 4.78 is 5.48. The van der Waals surface area contributed by atoms with E-state index in [1.54, 1.807) is 12.1 Å². The molecule has 0 spiro atoms. The Morgan fingerprint density at radius 2 is 2.16 bits per heavy atom. The van der Waals surface area contributed by atoms with Gasteiger partial charge in [0.1, 0.15) is 11.8 Å². The van der Waals surface area contributed by atoms with Gasteiger partial charge in [-0.05, 0) is 25.0 Å². The van der Waals surface area contributed by atoms with E-state index in [-0.39, 0.29) is 23.8 Å². The van der Waals surface area contributed by atoms with Crippen LogP contribution in [0.1, 0.15) is 28.9 Å². The lowest BCUT2D eigenvalue weighted by molar-refractivity contribution is 0.00952. The lowest BCUT2D eigenvalue weighted by atomic mass is 9.82. The van der Waals surface area contributed by atoms with E-state index in [0.29, 0.717) is 24.5 Å². The van der Waals surface area contributed by atoms with Crippen LogP contribution in [0.15, 0.2) is 18.3 Å². The minimum atomic E-state index is 0.0223. The van der Waals surface area contributed by atoms with E-state index in [9.17, 15) is 4.79 Å². The fourth-order valence-electron chi connectivity index (χ4n) is 2.93. The number of carbonyl (C=O) groups excluding carboxylic acids is 1. The molecule has 0 saturated carbocycles. The van der Waals surface area contributed by atoms with Crippen LogP contribution in [0.4, 0.5) is 0 Å². The van der Waals surface area contributed by atoms with E-state index in [0.717, 1.165) is 12.8 Å². The minimum Gasteiger partial charge on any atom is -0.378 e. The van der Waals surface area contributed by atoms with Crippen LogP contribution in [0.5, 0.6) is 0 Å². The predicted octanol–water partition coefficient (Wildman–Crippen LogP) is 0.903. The van der Waals surface area contributed by atoms with Crippen LogP contribution in [0.3, 0.4) is 0 Å². The van der Waals surface area contributed by atoms with Crippen LogP contribution in [0.25, 0.3) is 0 Å². The molecule has 2 unspecified atom stereocenters. The molecule has 5 heteroatoms. The van der Waals surface area contributed by atoms with Crippen molar-refractivity contribution in [2.24, 2.45) is 5.92 Å². The molecule has 3 heterocycles. The number of nitrogens with one attached hydrogen (secondary N) is 1. The first-order chi connectivity index (χ1) is 9.26. The highest BCUT2D eigenvalue weighted by atomic mass is 16.5. The summed E-state index contributed by atoms with van der Waals surface area (Å²) in [6, 6.07) is 5.79. The van der Waals surface area contributed by atoms with E-state index in [1.807, 2.05) is 6.07 Å². The molecule has 2 atom stereocenters. The van der Waals surface area contributed by atoms with E-state index in [1.165, 1.54) is 6.20 Å². The monoisotopic (exact) mass is 257 g/mol. The van der Waals surface area contributed by atoms with Crippen molar-refractivity contribution in [1.82, 2.24) is 10.3 Å². The highest BCUT2D eigenvalue weighted by Gasteiger charge is 2.35. The third-order valence-corrected chi connectivity index (χ3v) is 3.78. The van der Waals surface area contributed by atoms with Crippen molar-refractivity contribution in [2.45, 2.75) is 24.9 Å². The average molecular weight is 257 g/mol. The molecule has 0 amide bonds. The fourth-order valence-corrected chi connectivity index (χ4v) is 2.93. The quantitative estimate of drug-likeness (QED) is 0.797. The van der Waals surface area contributed by atoms with Gasteiger partial charge in [-0.3, -0.25) is 4.79 Å². The van der Waals surface area contributed by atoms with Crippen molar-refractivity contribution < 1.29 is 9.53 Å². The second-order valence-corrected chi connectivity index (χ2v) is 5.17. The Kier molecular flexibility index (Phi) is 3.28. The van der Waals surface area contributed by atoms with Gasteiger partial charge in [-0.2, -0.15) is 5.26 Å². The molecule has 2 fully saturated rings. The Balaban J connectivity index is 1.78. The Labute approximate surface area is 111 Å². The smallest absolute Gasteiger partial charge is 0.166 e. The Bertz CT molecular complexity index is 526. The number of pyridine rings is 1. The van der Waals surface area contributed by atoms with Crippen molar-refractivity contribution in [3.63, 3.8) is 0 Å². The molecule has 3 rings (SSSR count). The predicted molar refractivity (Wildman–Crippen MR) is 67.5 cm³/mol. The van der Waals surface area contributed by atoms with E-state index >= 15 is 0 Å². The van der Waals surface area contributed by atoms with Gasteiger partial charge in [0.15, 0.2) is 5.78 Å². The molecule has 2 bridgehead atoms. The van der Waals surface area contributed by atoms with Crippen LogP contribution < -0.4 is 5.32 Å². The van der Waals surface area contributed by atoms with E-state index < -0.39 is 0 Å². The lowest BCUT2D eigenvalue weighted by Crippen LogP contribution is -2.55. The third-order valence-electron chi connectivity index (χ3n) is 3.78. The minimum absolute atomic E-state index is 0.0223. The zero-order valence-corrected chi connectivity index (χ0v) is 10.5. The van der Waals surface area contributed by atoms with Crippen LogP contribution in [-0.2, 0) is 4.74 Å². The van der Waals surface area contributed by atoms with Crippen LogP contribution in [-0.4, -0.2) is 36.1 Å². The number of piperidine rings is 1. The maximum absolute atomic E-state index is 12.5. The molecule has 1 N–H and O–H groups in total. The second-order valence-electron chi connectivity index (χ2n) is 5.17. The molecule has 5 nitrogen and oxygen atoms in total. The summed E-state index contributed by atoms with van der Waals surface area (Å²) in [6.07, 6.45) is 3.13. The number of rotatable bonds is 2. The molecule has 0 aliphatic carbocycles. The topological polar surface area (TPSA) is 75.0 Å². The summed E-state index contributed by atoms with van der Waals surface area (Å²) in [5.74, 6) is 0.145. The summed E-state index contributed by atoms with van der Waals surface area (Å²) in [4.78, 5) is 16.4. The van der Waals surface area contributed by atoms with Gasteiger partial charge in [0.05, 0.1) is 13.2 Å². The van der Waals surface area contributed by atoms with Gasteiger partial charge in [-0.15, -0.1) is 0 Å². The summed E-state index contributed by atoms with van der Waals surface area (Å²) in [5, 5.41) is 12.3. The summed E-state index contributed by atoms with van der Waals surface area (Å²) in [6.45, 7) is 1.36. The first-order valence-electron chi connectivity index (χ1n) is 6.50. The van der Waals surface area contributed by atoms with Gasteiger partial charge >= 0.3 is 0 Å². The number of ether oxygens (including phenoxy) is 1. The second kappa shape index (κ2) is 5.08. The Morgan fingerprint density at radius 1 is 1.42 bits per heavy atom. The number of nitrogens with zero attached hydrogens (tertiary/aromatic N) is 2. The van der Waals surface area contributed by atoms with Crippen molar-refractivity contribution >= 4 is 5.78 Å².